The third kappa shape index (κ3) is 3.59. The zero-order valence-electron chi connectivity index (χ0n) is 13.7. The minimum atomic E-state index is -0.0201. The van der Waals surface area contributed by atoms with Gasteiger partial charge in [-0.3, -0.25) is 9.36 Å². The average molecular weight is 339 g/mol. The zero-order chi connectivity index (χ0) is 15.7. The van der Waals surface area contributed by atoms with Crippen molar-refractivity contribution in [1.29, 1.82) is 0 Å². The molecule has 0 bridgehead atoms. The lowest BCUT2D eigenvalue weighted by Gasteiger charge is -2.23. The highest BCUT2D eigenvalue weighted by Gasteiger charge is 2.21. The van der Waals surface area contributed by atoms with Gasteiger partial charge >= 0.3 is 0 Å². The molecule has 1 amide bonds. The molecule has 126 valence electrons. The van der Waals surface area contributed by atoms with Crippen LogP contribution >= 0.6 is 12.4 Å². The van der Waals surface area contributed by atoms with Crippen molar-refractivity contribution in [2.24, 2.45) is 0 Å². The second-order valence-corrected chi connectivity index (χ2v) is 5.93. The first-order chi connectivity index (χ1) is 10.6. The van der Waals surface area contributed by atoms with Gasteiger partial charge in [0, 0.05) is 30.0 Å². The minimum absolute atomic E-state index is 0. The Morgan fingerprint density at radius 2 is 2.17 bits per heavy atom. The molecule has 1 aliphatic heterocycles. The van der Waals surface area contributed by atoms with Crippen LogP contribution in [-0.4, -0.2) is 34.8 Å². The molecule has 1 atom stereocenters. The van der Waals surface area contributed by atoms with E-state index < -0.39 is 0 Å². The largest absolute Gasteiger partial charge is 0.360 e. The molecule has 6 nitrogen and oxygen atoms in total. The summed E-state index contributed by atoms with van der Waals surface area (Å²) in [6.45, 7) is 7.63. The Balaban J connectivity index is 0.00000192. The van der Waals surface area contributed by atoms with E-state index in [-0.39, 0.29) is 24.4 Å². The van der Waals surface area contributed by atoms with Crippen LogP contribution in [0, 0.1) is 20.8 Å². The van der Waals surface area contributed by atoms with Gasteiger partial charge in [0.2, 0.25) is 0 Å². The maximum absolute atomic E-state index is 12.5. The number of hydrogen-bond donors (Lipinski definition) is 2. The van der Waals surface area contributed by atoms with Crippen LogP contribution in [0.2, 0.25) is 0 Å². The number of piperidine rings is 1. The Bertz CT molecular complexity index is 686. The van der Waals surface area contributed by atoms with Crippen LogP contribution in [0.25, 0.3) is 5.82 Å². The third-order valence-electron chi connectivity index (χ3n) is 4.15. The lowest BCUT2D eigenvalue weighted by molar-refractivity contribution is 0.0930. The van der Waals surface area contributed by atoms with Gasteiger partial charge in [-0.2, -0.15) is 0 Å². The normalized spacial score (nSPS) is 17.6. The van der Waals surface area contributed by atoms with Gasteiger partial charge in [0.15, 0.2) is 5.82 Å². The fraction of sp³-hybridized carbons (Fsp3) is 0.500. The first-order valence-electron chi connectivity index (χ1n) is 7.70. The molecule has 1 aliphatic rings. The summed E-state index contributed by atoms with van der Waals surface area (Å²) in [6, 6.07) is 3.98. The van der Waals surface area contributed by atoms with Crippen molar-refractivity contribution < 1.29 is 9.32 Å². The van der Waals surface area contributed by atoms with Crippen LogP contribution in [0.5, 0.6) is 0 Å². The highest BCUT2D eigenvalue weighted by Crippen LogP contribution is 2.21. The molecule has 23 heavy (non-hydrogen) atoms. The van der Waals surface area contributed by atoms with Crippen LogP contribution in [0.15, 0.2) is 16.7 Å². The number of aryl methyl sites for hydroxylation is 2. The van der Waals surface area contributed by atoms with Crippen LogP contribution in [0.3, 0.4) is 0 Å². The summed E-state index contributed by atoms with van der Waals surface area (Å²) in [4.78, 5) is 12.5. The first kappa shape index (κ1) is 17.6. The van der Waals surface area contributed by atoms with Gasteiger partial charge in [0.25, 0.3) is 5.91 Å². The monoisotopic (exact) mass is 338 g/mol. The van der Waals surface area contributed by atoms with Crippen molar-refractivity contribution in [3.8, 4) is 5.82 Å². The molecule has 3 rings (SSSR count). The molecule has 2 aromatic heterocycles. The molecule has 1 fully saturated rings. The van der Waals surface area contributed by atoms with E-state index in [0.717, 1.165) is 43.1 Å². The summed E-state index contributed by atoms with van der Waals surface area (Å²) in [5, 5.41) is 10.5. The Morgan fingerprint density at radius 1 is 1.39 bits per heavy atom. The molecular weight excluding hydrogens is 316 g/mol. The second kappa shape index (κ2) is 7.19. The van der Waals surface area contributed by atoms with Crippen molar-refractivity contribution in [3.63, 3.8) is 0 Å². The molecule has 0 aromatic carbocycles. The third-order valence-corrected chi connectivity index (χ3v) is 4.15. The van der Waals surface area contributed by atoms with E-state index in [1.54, 1.807) is 0 Å². The van der Waals surface area contributed by atoms with E-state index in [2.05, 4.69) is 15.8 Å². The van der Waals surface area contributed by atoms with E-state index >= 15 is 0 Å². The Hall–Kier alpha value is -1.79. The maximum Gasteiger partial charge on any atom is 0.253 e. The van der Waals surface area contributed by atoms with Crippen molar-refractivity contribution >= 4 is 18.3 Å². The number of nitrogens with zero attached hydrogens (tertiary/aromatic N) is 2. The predicted molar refractivity (Wildman–Crippen MR) is 90.6 cm³/mol. The van der Waals surface area contributed by atoms with E-state index in [9.17, 15) is 4.79 Å². The minimum Gasteiger partial charge on any atom is -0.360 e. The van der Waals surface area contributed by atoms with Crippen LogP contribution in [0.1, 0.15) is 40.3 Å². The number of carbonyl (C=O) groups excluding carboxylic acids is 1. The molecule has 0 aliphatic carbocycles. The second-order valence-electron chi connectivity index (χ2n) is 5.93. The molecule has 0 radical (unpaired) electrons. The van der Waals surface area contributed by atoms with Crippen LogP contribution in [-0.2, 0) is 0 Å². The summed E-state index contributed by atoms with van der Waals surface area (Å²) in [7, 11) is 0. The van der Waals surface area contributed by atoms with Gasteiger partial charge in [-0.15, -0.1) is 12.4 Å². The number of halogens is 1. The van der Waals surface area contributed by atoms with Crippen molar-refractivity contribution in [1.82, 2.24) is 20.4 Å². The summed E-state index contributed by atoms with van der Waals surface area (Å²) in [6.07, 6.45) is 2.13. The lowest BCUT2D eigenvalue weighted by Crippen LogP contribution is -2.45. The van der Waals surface area contributed by atoms with Gasteiger partial charge < -0.3 is 15.2 Å². The lowest BCUT2D eigenvalue weighted by atomic mass is 10.1. The number of amides is 1. The van der Waals surface area contributed by atoms with Gasteiger partial charge in [0.05, 0.1) is 5.56 Å². The first-order valence-corrected chi connectivity index (χ1v) is 7.70. The highest BCUT2D eigenvalue weighted by molar-refractivity contribution is 5.96. The Labute approximate surface area is 142 Å². The van der Waals surface area contributed by atoms with Gasteiger partial charge in [-0.25, -0.2) is 0 Å². The number of rotatable bonds is 3. The molecule has 0 unspecified atom stereocenters. The summed E-state index contributed by atoms with van der Waals surface area (Å²) in [5.41, 5.74) is 2.55. The van der Waals surface area contributed by atoms with Crippen molar-refractivity contribution in [2.45, 2.75) is 39.7 Å². The standard InChI is InChI=1S/C16H22N4O2.ClH/c1-10-7-14(16(21)18-13-5-4-6-17-9-13)12(3)20(10)15-8-11(2)22-19-15;/h7-8,13,17H,4-6,9H2,1-3H3,(H,18,21);1H/t13-;/m0./s1. The number of carbonyl (C=O) groups is 1. The fourth-order valence-corrected chi connectivity index (χ4v) is 3.04. The topological polar surface area (TPSA) is 72.1 Å². The fourth-order valence-electron chi connectivity index (χ4n) is 3.04. The highest BCUT2D eigenvalue weighted by atomic mass is 35.5. The number of nitrogens with one attached hydrogen (secondary N) is 2. The smallest absolute Gasteiger partial charge is 0.253 e. The SMILES string of the molecule is Cc1cc(-n2c(C)cc(C(=O)N[C@H]3CCCNC3)c2C)no1.Cl. The number of aromatic nitrogens is 2. The molecule has 2 N–H and O–H groups in total. The summed E-state index contributed by atoms with van der Waals surface area (Å²) < 4.78 is 7.09. The van der Waals surface area contributed by atoms with Crippen molar-refractivity contribution in [3.05, 3.63) is 34.8 Å². The van der Waals surface area contributed by atoms with Gasteiger partial charge in [-0.05, 0) is 46.2 Å². The molecule has 2 aromatic rings. The van der Waals surface area contributed by atoms with E-state index in [0.29, 0.717) is 11.4 Å². The Morgan fingerprint density at radius 3 is 2.78 bits per heavy atom. The molecular formula is C16H23ClN4O2. The quantitative estimate of drug-likeness (QED) is 0.900. The predicted octanol–water partition coefficient (Wildman–Crippen LogP) is 2.29. The summed E-state index contributed by atoms with van der Waals surface area (Å²) in [5.74, 6) is 1.45. The number of hydrogen-bond acceptors (Lipinski definition) is 4. The molecule has 0 spiro atoms. The van der Waals surface area contributed by atoms with E-state index in [1.165, 1.54) is 0 Å². The van der Waals surface area contributed by atoms with E-state index in [4.69, 9.17) is 4.52 Å². The van der Waals surface area contributed by atoms with E-state index in [1.807, 2.05) is 37.5 Å². The molecule has 1 saturated heterocycles. The average Bonchev–Trinajstić information content (AvgIpc) is 3.03. The molecule has 7 heteroatoms. The Kier molecular flexibility index (Phi) is 5.49. The zero-order valence-corrected chi connectivity index (χ0v) is 14.5. The van der Waals surface area contributed by atoms with Crippen LogP contribution < -0.4 is 10.6 Å². The summed E-state index contributed by atoms with van der Waals surface area (Å²) >= 11 is 0. The van der Waals surface area contributed by atoms with Gasteiger partial charge in [0.1, 0.15) is 5.76 Å². The van der Waals surface area contributed by atoms with Gasteiger partial charge in [-0.1, -0.05) is 5.16 Å². The molecule has 0 saturated carbocycles. The van der Waals surface area contributed by atoms with Crippen LogP contribution in [0.4, 0.5) is 0 Å². The maximum atomic E-state index is 12.5. The molecule has 3 heterocycles. The van der Waals surface area contributed by atoms with Crippen molar-refractivity contribution in [2.75, 3.05) is 13.1 Å².